The molecule has 1 aromatic heterocycles. The lowest BCUT2D eigenvalue weighted by Crippen LogP contribution is -2.52. The molecule has 0 saturated heterocycles. The first-order valence-corrected chi connectivity index (χ1v) is 4.25. The first kappa shape index (κ1) is 8.22. The van der Waals surface area contributed by atoms with E-state index in [9.17, 15) is 4.79 Å². The molecule has 1 heterocycles. The number of nitrogens with zero attached hydrogens (tertiary/aromatic N) is 3. The Balaban J connectivity index is 2.31. The molecule has 0 atom stereocenters. The summed E-state index contributed by atoms with van der Waals surface area (Å²) >= 11 is 0. The van der Waals surface area contributed by atoms with Crippen molar-refractivity contribution in [3.05, 3.63) is 12.4 Å². The molecule has 0 amide bonds. The molecule has 0 aromatic carbocycles. The number of aromatic nitrogens is 3. The monoisotopic (exact) mass is 181 g/mol. The normalized spacial score (nSPS) is 32.5. The SMILES string of the molecule is CC1CC(C(=O)O)(n2ccnn2)C1. The van der Waals surface area contributed by atoms with Gasteiger partial charge in [0, 0.05) is 6.20 Å². The fourth-order valence-corrected chi connectivity index (χ4v) is 1.99. The first-order chi connectivity index (χ1) is 6.15. The van der Waals surface area contributed by atoms with Crippen molar-refractivity contribution >= 4 is 5.97 Å². The number of rotatable bonds is 2. The topological polar surface area (TPSA) is 68.0 Å². The number of carbonyl (C=O) groups is 1. The zero-order valence-electron chi connectivity index (χ0n) is 7.34. The first-order valence-electron chi connectivity index (χ1n) is 4.25. The summed E-state index contributed by atoms with van der Waals surface area (Å²) in [4.78, 5) is 11.1. The molecule has 2 rings (SSSR count). The van der Waals surface area contributed by atoms with E-state index >= 15 is 0 Å². The molecule has 1 aliphatic carbocycles. The molecule has 13 heavy (non-hydrogen) atoms. The molecule has 1 fully saturated rings. The minimum Gasteiger partial charge on any atom is -0.479 e. The Morgan fingerprint density at radius 2 is 2.38 bits per heavy atom. The molecule has 0 aliphatic heterocycles. The maximum absolute atomic E-state index is 11.1. The van der Waals surface area contributed by atoms with Crippen LogP contribution in [-0.2, 0) is 10.3 Å². The van der Waals surface area contributed by atoms with Gasteiger partial charge in [-0.25, -0.2) is 9.48 Å². The van der Waals surface area contributed by atoms with E-state index in [-0.39, 0.29) is 0 Å². The highest BCUT2D eigenvalue weighted by atomic mass is 16.4. The zero-order chi connectivity index (χ0) is 9.47. The fourth-order valence-electron chi connectivity index (χ4n) is 1.99. The Kier molecular flexibility index (Phi) is 1.61. The average molecular weight is 181 g/mol. The molecule has 1 aromatic rings. The van der Waals surface area contributed by atoms with E-state index < -0.39 is 11.5 Å². The van der Waals surface area contributed by atoms with Crippen LogP contribution in [0.4, 0.5) is 0 Å². The van der Waals surface area contributed by atoms with E-state index in [1.165, 1.54) is 10.9 Å². The molecule has 0 spiro atoms. The minimum absolute atomic E-state index is 0.459. The van der Waals surface area contributed by atoms with E-state index in [0.717, 1.165) is 0 Å². The fraction of sp³-hybridized carbons (Fsp3) is 0.625. The minimum atomic E-state index is -0.823. The van der Waals surface area contributed by atoms with Crippen molar-refractivity contribution in [2.45, 2.75) is 25.3 Å². The van der Waals surface area contributed by atoms with Crippen LogP contribution in [0.1, 0.15) is 19.8 Å². The molecule has 1 aliphatic rings. The Hall–Kier alpha value is -1.39. The van der Waals surface area contributed by atoms with Gasteiger partial charge in [0.05, 0.1) is 6.20 Å². The lowest BCUT2D eigenvalue weighted by atomic mass is 9.69. The summed E-state index contributed by atoms with van der Waals surface area (Å²) in [6.45, 7) is 2.04. The van der Waals surface area contributed by atoms with Crippen LogP contribution in [0.15, 0.2) is 12.4 Å². The molecule has 70 valence electrons. The Bertz CT molecular complexity index is 314. The summed E-state index contributed by atoms with van der Waals surface area (Å²) in [7, 11) is 0. The van der Waals surface area contributed by atoms with Crippen LogP contribution in [0.25, 0.3) is 0 Å². The lowest BCUT2D eigenvalue weighted by Gasteiger charge is -2.42. The highest BCUT2D eigenvalue weighted by Crippen LogP contribution is 2.43. The average Bonchev–Trinajstić information content (AvgIpc) is 2.49. The van der Waals surface area contributed by atoms with Gasteiger partial charge in [0.1, 0.15) is 0 Å². The third-order valence-electron chi connectivity index (χ3n) is 2.63. The van der Waals surface area contributed by atoms with Gasteiger partial charge < -0.3 is 5.11 Å². The van der Waals surface area contributed by atoms with Crippen LogP contribution >= 0.6 is 0 Å². The van der Waals surface area contributed by atoms with Crippen LogP contribution < -0.4 is 0 Å². The maximum atomic E-state index is 11.1. The second-order valence-corrected chi connectivity index (χ2v) is 3.70. The number of carboxylic acids is 1. The Labute approximate surface area is 75.4 Å². The summed E-state index contributed by atoms with van der Waals surface area (Å²) in [5, 5.41) is 16.5. The van der Waals surface area contributed by atoms with E-state index in [0.29, 0.717) is 18.8 Å². The van der Waals surface area contributed by atoms with Crippen molar-refractivity contribution in [1.82, 2.24) is 15.0 Å². The second-order valence-electron chi connectivity index (χ2n) is 3.70. The summed E-state index contributed by atoms with van der Waals surface area (Å²) < 4.78 is 1.45. The quantitative estimate of drug-likeness (QED) is 0.720. The molecule has 0 radical (unpaired) electrons. The van der Waals surface area contributed by atoms with Gasteiger partial charge in [-0.05, 0) is 18.8 Å². The highest BCUT2D eigenvalue weighted by molar-refractivity contribution is 5.77. The van der Waals surface area contributed by atoms with E-state index in [1.54, 1.807) is 6.20 Å². The van der Waals surface area contributed by atoms with Gasteiger partial charge >= 0.3 is 5.97 Å². The summed E-state index contributed by atoms with van der Waals surface area (Å²) in [6.07, 6.45) is 4.41. The molecule has 0 unspecified atom stereocenters. The highest BCUT2D eigenvalue weighted by Gasteiger charge is 2.51. The number of hydrogen-bond donors (Lipinski definition) is 1. The van der Waals surface area contributed by atoms with Gasteiger partial charge in [-0.1, -0.05) is 12.1 Å². The van der Waals surface area contributed by atoms with Crippen molar-refractivity contribution in [3.8, 4) is 0 Å². The van der Waals surface area contributed by atoms with Crippen molar-refractivity contribution < 1.29 is 9.90 Å². The van der Waals surface area contributed by atoms with Crippen molar-refractivity contribution in [2.24, 2.45) is 5.92 Å². The predicted molar refractivity (Wildman–Crippen MR) is 44.0 cm³/mol. The molecular weight excluding hydrogens is 170 g/mol. The van der Waals surface area contributed by atoms with Crippen LogP contribution in [0.5, 0.6) is 0 Å². The van der Waals surface area contributed by atoms with Gasteiger partial charge in [-0.15, -0.1) is 5.10 Å². The predicted octanol–water partition coefficient (Wildman–Crippen LogP) is 0.488. The van der Waals surface area contributed by atoms with Crippen LogP contribution in [0, 0.1) is 5.92 Å². The summed E-state index contributed by atoms with van der Waals surface area (Å²) in [5.74, 6) is -0.351. The van der Waals surface area contributed by atoms with E-state index in [4.69, 9.17) is 5.11 Å². The summed E-state index contributed by atoms with van der Waals surface area (Å²) in [6, 6.07) is 0. The maximum Gasteiger partial charge on any atom is 0.331 e. The van der Waals surface area contributed by atoms with Gasteiger partial charge in [0.15, 0.2) is 5.54 Å². The Morgan fingerprint density at radius 3 is 2.77 bits per heavy atom. The lowest BCUT2D eigenvalue weighted by molar-refractivity contribution is -0.156. The number of carboxylic acid groups (broad SMARTS) is 1. The van der Waals surface area contributed by atoms with Gasteiger partial charge in [-0.3, -0.25) is 0 Å². The second kappa shape index (κ2) is 2.55. The third kappa shape index (κ3) is 1.03. The molecule has 0 bridgehead atoms. The van der Waals surface area contributed by atoms with Crippen molar-refractivity contribution in [1.29, 1.82) is 0 Å². The van der Waals surface area contributed by atoms with Gasteiger partial charge in [0.2, 0.25) is 0 Å². The number of hydrogen-bond acceptors (Lipinski definition) is 3. The largest absolute Gasteiger partial charge is 0.479 e. The molecular formula is C8H11N3O2. The summed E-state index contributed by atoms with van der Waals surface area (Å²) in [5.41, 5.74) is -0.823. The van der Waals surface area contributed by atoms with Crippen LogP contribution in [0.3, 0.4) is 0 Å². The van der Waals surface area contributed by atoms with Gasteiger partial charge in [-0.2, -0.15) is 0 Å². The Morgan fingerprint density at radius 1 is 1.69 bits per heavy atom. The van der Waals surface area contributed by atoms with Gasteiger partial charge in [0.25, 0.3) is 0 Å². The zero-order valence-corrected chi connectivity index (χ0v) is 7.34. The van der Waals surface area contributed by atoms with Crippen LogP contribution in [0.2, 0.25) is 0 Å². The molecule has 5 heteroatoms. The number of aliphatic carboxylic acids is 1. The molecule has 1 N–H and O–H groups in total. The molecule has 1 saturated carbocycles. The van der Waals surface area contributed by atoms with E-state index in [1.807, 2.05) is 6.92 Å². The van der Waals surface area contributed by atoms with Crippen LogP contribution in [-0.4, -0.2) is 26.1 Å². The smallest absolute Gasteiger partial charge is 0.331 e. The van der Waals surface area contributed by atoms with E-state index in [2.05, 4.69) is 10.3 Å². The standard InChI is InChI=1S/C8H11N3O2/c1-6-4-8(5-6,7(12)13)11-3-2-9-10-11/h2-3,6H,4-5H2,1H3,(H,12,13). The molecule has 5 nitrogen and oxygen atoms in total. The van der Waals surface area contributed by atoms with Crippen molar-refractivity contribution in [2.75, 3.05) is 0 Å². The third-order valence-corrected chi connectivity index (χ3v) is 2.63. The van der Waals surface area contributed by atoms with Crippen molar-refractivity contribution in [3.63, 3.8) is 0 Å².